The molecule has 1 atom stereocenters. The molecule has 13 heteroatoms. The average molecular weight is 507 g/mol. The number of hydrogen-bond acceptors (Lipinski definition) is 5. The molecule has 3 N–H and O–H groups in total. The Hall–Kier alpha value is -2.89. The quantitative estimate of drug-likeness (QED) is 0.384. The molecule has 0 aliphatic carbocycles. The van der Waals surface area contributed by atoms with E-state index in [1.54, 1.807) is 6.92 Å². The number of aromatic nitrogens is 3. The third-order valence-electron chi connectivity index (χ3n) is 4.39. The lowest BCUT2D eigenvalue weighted by Crippen LogP contribution is -2.21. The predicted octanol–water partition coefficient (Wildman–Crippen LogP) is 5.47. The summed E-state index contributed by atoms with van der Waals surface area (Å²) >= 11 is 11.8. The van der Waals surface area contributed by atoms with Crippen LogP contribution in [-0.2, 0) is 0 Å². The van der Waals surface area contributed by atoms with Gasteiger partial charge in [0.2, 0.25) is 0 Å². The number of halogens is 6. The zero-order chi connectivity index (χ0) is 24.5. The topological polar surface area (TPSA) is 100 Å². The van der Waals surface area contributed by atoms with E-state index in [-0.39, 0.29) is 32.8 Å². The van der Waals surface area contributed by atoms with Crippen LogP contribution in [-0.4, -0.2) is 39.0 Å². The molecule has 1 amide bonds. The number of pyridine rings is 1. The summed E-state index contributed by atoms with van der Waals surface area (Å²) in [6.07, 6.45) is -5.81. The Balaban J connectivity index is 2.08. The molecule has 0 fully saturated rings. The molecule has 0 aliphatic rings. The number of aromatic amines is 1. The second-order valence-electron chi connectivity index (χ2n) is 6.94. The maximum absolute atomic E-state index is 15.0. The van der Waals surface area contributed by atoms with Crippen molar-refractivity contribution in [3.63, 3.8) is 0 Å². The number of aliphatic hydroxyl groups excluding tert-OH is 1. The molecule has 7 nitrogen and oxygen atoms in total. The second-order valence-corrected chi connectivity index (χ2v) is 7.71. The summed E-state index contributed by atoms with van der Waals surface area (Å²) in [6, 6.07) is 4.31. The second kappa shape index (κ2) is 9.54. The first kappa shape index (κ1) is 24.7. The van der Waals surface area contributed by atoms with E-state index in [1.807, 2.05) is 0 Å². The lowest BCUT2D eigenvalue weighted by molar-refractivity contribution is -0.153. The Morgan fingerprint density at radius 3 is 2.58 bits per heavy atom. The third kappa shape index (κ3) is 5.73. The molecule has 2 heterocycles. The zero-order valence-corrected chi connectivity index (χ0v) is 18.5. The fourth-order valence-corrected chi connectivity index (χ4v) is 3.33. The van der Waals surface area contributed by atoms with Crippen LogP contribution < -0.4 is 10.1 Å². The SMILES string of the molecule is Cc1[nH]nc(Cl)c1NC(=O)c1cc(F)c(-c2ccc(Cl)c(C(C)O)n2)cc1OCC(F)(F)F. The minimum Gasteiger partial charge on any atom is -0.483 e. The van der Waals surface area contributed by atoms with Gasteiger partial charge in [-0.25, -0.2) is 9.37 Å². The summed E-state index contributed by atoms with van der Waals surface area (Å²) in [5.41, 5.74) is -0.321. The highest BCUT2D eigenvalue weighted by molar-refractivity contribution is 6.33. The predicted molar refractivity (Wildman–Crippen MR) is 113 cm³/mol. The van der Waals surface area contributed by atoms with Gasteiger partial charge in [0.25, 0.3) is 5.91 Å². The Morgan fingerprint density at radius 1 is 1.30 bits per heavy atom. The van der Waals surface area contributed by atoms with Crippen molar-refractivity contribution >= 4 is 34.8 Å². The van der Waals surface area contributed by atoms with E-state index in [1.165, 1.54) is 19.1 Å². The lowest BCUT2D eigenvalue weighted by Gasteiger charge is -2.16. The number of ether oxygens (including phenoxy) is 1. The van der Waals surface area contributed by atoms with Crippen LogP contribution in [0, 0.1) is 12.7 Å². The Morgan fingerprint density at radius 2 is 2.00 bits per heavy atom. The van der Waals surface area contributed by atoms with Gasteiger partial charge < -0.3 is 15.2 Å². The molecule has 2 aromatic heterocycles. The molecule has 33 heavy (non-hydrogen) atoms. The number of H-pyrrole nitrogens is 1. The number of alkyl halides is 3. The van der Waals surface area contributed by atoms with E-state index in [0.717, 1.165) is 12.1 Å². The number of benzene rings is 1. The standard InChI is InChI=1S/C20H16Cl2F4N4O3/c1-8-16(18(22)30-29-8)28-19(32)11-5-13(23)10(6-15(11)33-7-20(24,25)26)14-4-3-12(21)17(27-14)9(2)31/h3-6,9,31H,7H2,1-2H3,(H,28,32)(H,29,30). The van der Waals surface area contributed by atoms with Crippen LogP contribution in [0.3, 0.4) is 0 Å². The number of rotatable bonds is 6. The molecule has 0 spiro atoms. The maximum Gasteiger partial charge on any atom is 0.422 e. The van der Waals surface area contributed by atoms with Gasteiger partial charge in [-0.1, -0.05) is 23.2 Å². The largest absolute Gasteiger partial charge is 0.483 e. The van der Waals surface area contributed by atoms with E-state index < -0.39 is 41.9 Å². The summed E-state index contributed by atoms with van der Waals surface area (Å²) in [6.45, 7) is 1.21. The van der Waals surface area contributed by atoms with Crippen molar-refractivity contribution < 1.29 is 32.2 Å². The van der Waals surface area contributed by atoms with Crippen LogP contribution in [0.4, 0.5) is 23.2 Å². The van der Waals surface area contributed by atoms with Crippen molar-refractivity contribution in [1.29, 1.82) is 0 Å². The van der Waals surface area contributed by atoms with Crippen LogP contribution >= 0.6 is 23.2 Å². The Bertz CT molecular complexity index is 1180. The highest BCUT2D eigenvalue weighted by Gasteiger charge is 2.30. The maximum atomic E-state index is 15.0. The fourth-order valence-electron chi connectivity index (χ4n) is 2.83. The lowest BCUT2D eigenvalue weighted by atomic mass is 10.0. The number of nitrogens with one attached hydrogen (secondary N) is 2. The van der Waals surface area contributed by atoms with E-state index in [9.17, 15) is 27.5 Å². The smallest absolute Gasteiger partial charge is 0.422 e. The van der Waals surface area contributed by atoms with Gasteiger partial charge in [0.05, 0.1) is 33.8 Å². The number of aliphatic hydroxyl groups is 1. The monoisotopic (exact) mass is 506 g/mol. The van der Waals surface area contributed by atoms with Gasteiger partial charge >= 0.3 is 6.18 Å². The minimum absolute atomic E-state index is 0.0367. The molecular formula is C20H16Cl2F4N4O3. The first-order valence-corrected chi connectivity index (χ1v) is 10.0. The molecule has 0 bridgehead atoms. The number of nitrogens with zero attached hydrogens (tertiary/aromatic N) is 2. The molecule has 1 aromatic carbocycles. The van der Waals surface area contributed by atoms with Crippen molar-refractivity contribution in [3.8, 4) is 17.0 Å². The summed E-state index contributed by atoms with van der Waals surface area (Å²) in [5.74, 6) is -2.49. The summed E-state index contributed by atoms with van der Waals surface area (Å²) in [4.78, 5) is 16.8. The van der Waals surface area contributed by atoms with Gasteiger partial charge in [0, 0.05) is 5.56 Å². The van der Waals surface area contributed by atoms with Gasteiger partial charge in [0.1, 0.15) is 17.3 Å². The van der Waals surface area contributed by atoms with Crippen molar-refractivity contribution in [2.45, 2.75) is 26.1 Å². The molecule has 0 saturated carbocycles. The summed E-state index contributed by atoms with van der Waals surface area (Å²) in [7, 11) is 0. The van der Waals surface area contributed by atoms with Crippen molar-refractivity contribution in [3.05, 3.63) is 57.2 Å². The number of hydrogen-bond donors (Lipinski definition) is 3. The minimum atomic E-state index is -4.72. The molecule has 3 rings (SSSR count). The first-order valence-electron chi connectivity index (χ1n) is 9.27. The highest BCUT2D eigenvalue weighted by atomic mass is 35.5. The number of amides is 1. The van der Waals surface area contributed by atoms with Gasteiger partial charge in [-0.05, 0) is 38.1 Å². The summed E-state index contributed by atoms with van der Waals surface area (Å²) in [5, 5.41) is 18.4. The molecule has 0 aliphatic heterocycles. The van der Waals surface area contributed by atoms with E-state index in [4.69, 9.17) is 27.9 Å². The van der Waals surface area contributed by atoms with E-state index >= 15 is 0 Å². The normalized spacial score (nSPS) is 12.5. The first-order chi connectivity index (χ1) is 15.4. The van der Waals surface area contributed by atoms with Gasteiger partial charge in [-0.15, -0.1) is 0 Å². The molecule has 3 aromatic rings. The van der Waals surface area contributed by atoms with Crippen LogP contribution in [0.1, 0.15) is 34.8 Å². The Kier molecular flexibility index (Phi) is 7.15. The number of carbonyl (C=O) groups is 1. The van der Waals surface area contributed by atoms with Gasteiger partial charge in [0.15, 0.2) is 11.8 Å². The number of aryl methyl sites for hydroxylation is 1. The van der Waals surface area contributed by atoms with Crippen LogP contribution in [0.25, 0.3) is 11.3 Å². The highest BCUT2D eigenvalue weighted by Crippen LogP contribution is 2.34. The fraction of sp³-hybridized carbons (Fsp3) is 0.250. The van der Waals surface area contributed by atoms with Crippen molar-refractivity contribution in [2.75, 3.05) is 11.9 Å². The molecule has 0 radical (unpaired) electrons. The van der Waals surface area contributed by atoms with E-state index in [2.05, 4.69) is 20.5 Å². The number of carbonyl (C=O) groups excluding carboxylic acids is 1. The Labute approximate surface area is 194 Å². The van der Waals surface area contributed by atoms with Crippen LogP contribution in [0.5, 0.6) is 5.75 Å². The average Bonchev–Trinajstić information content (AvgIpc) is 3.04. The molecular weight excluding hydrogens is 491 g/mol. The molecule has 0 saturated heterocycles. The van der Waals surface area contributed by atoms with Crippen LogP contribution in [0.2, 0.25) is 10.2 Å². The van der Waals surface area contributed by atoms with Crippen LogP contribution in [0.15, 0.2) is 24.3 Å². The summed E-state index contributed by atoms with van der Waals surface area (Å²) < 4.78 is 58.2. The molecule has 1 unspecified atom stereocenters. The van der Waals surface area contributed by atoms with Gasteiger partial charge in [-0.3, -0.25) is 9.89 Å². The third-order valence-corrected chi connectivity index (χ3v) is 4.98. The zero-order valence-electron chi connectivity index (χ0n) is 17.0. The van der Waals surface area contributed by atoms with Crippen molar-refractivity contribution in [1.82, 2.24) is 15.2 Å². The van der Waals surface area contributed by atoms with Crippen molar-refractivity contribution in [2.24, 2.45) is 0 Å². The molecule has 176 valence electrons. The van der Waals surface area contributed by atoms with Gasteiger partial charge in [-0.2, -0.15) is 18.3 Å². The van der Waals surface area contributed by atoms with E-state index in [0.29, 0.717) is 5.69 Å². The number of anilines is 1.